The van der Waals surface area contributed by atoms with Crippen LogP contribution >= 0.6 is 0 Å². The molecule has 3 aliphatic rings. The van der Waals surface area contributed by atoms with Crippen molar-refractivity contribution in [2.75, 3.05) is 77.1 Å². The Balaban J connectivity index is 0.000000544. The number of rotatable bonds is 13. The predicted octanol–water partition coefficient (Wildman–Crippen LogP) is 3.94. The predicted molar refractivity (Wildman–Crippen MR) is 193 cm³/mol. The molecule has 50 heavy (non-hydrogen) atoms. The van der Waals surface area contributed by atoms with Crippen LogP contribution in [0.25, 0.3) is 0 Å². The number of carboxylic acids is 2. The summed E-state index contributed by atoms with van der Waals surface area (Å²) in [7, 11) is 0. The van der Waals surface area contributed by atoms with Gasteiger partial charge in [0.1, 0.15) is 11.6 Å². The van der Waals surface area contributed by atoms with Crippen LogP contribution in [-0.2, 0) is 19.1 Å². The average molecular weight is 684 g/mol. The second-order valence-electron chi connectivity index (χ2n) is 12.9. The summed E-state index contributed by atoms with van der Waals surface area (Å²) in [5.41, 5.74) is 3.16. The van der Waals surface area contributed by atoms with E-state index in [-0.39, 0.29) is 17.6 Å². The summed E-state index contributed by atoms with van der Waals surface area (Å²) >= 11 is 0. The van der Waals surface area contributed by atoms with Crippen LogP contribution in [-0.4, -0.2) is 120 Å². The number of benzene rings is 3. The SMILES string of the molecule is O=C(O)/C=C\C(=O)O.O=C1NCN(c2ccccc2)C12CCN(CCCN1CCN(CCOC(c3ccccc3)c3ccccc3)CC1)CC2. The summed E-state index contributed by atoms with van der Waals surface area (Å²) in [4.78, 5) is 42.0. The summed E-state index contributed by atoms with van der Waals surface area (Å²) in [6.45, 7) is 11.0. The number of carboxylic acid groups (broad SMARTS) is 2. The smallest absolute Gasteiger partial charge is 0.328 e. The minimum atomic E-state index is -1.26. The second kappa shape index (κ2) is 18.4. The van der Waals surface area contributed by atoms with Gasteiger partial charge in [0.15, 0.2) is 0 Å². The Bertz CT molecular complexity index is 1470. The molecule has 0 unspecified atom stereocenters. The second-order valence-corrected chi connectivity index (χ2v) is 12.9. The van der Waals surface area contributed by atoms with Crippen molar-refractivity contribution in [3.63, 3.8) is 0 Å². The van der Waals surface area contributed by atoms with Gasteiger partial charge in [-0.15, -0.1) is 0 Å². The number of nitrogens with one attached hydrogen (secondary N) is 1. The third kappa shape index (κ3) is 10.2. The number of ether oxygens (including phenoxy) is 1. The first-order valence-electron chi connectivity index (χ1n) is 17.5. The van der Waals surface area contributed by atoms with E-state index in [0.717, 1.165) is 84.0 Å². The quantitative estimate of drug-likeness (QED) is 0.228. The third-order valence-corrected chi connectivity index (χ3v) is 9.77. The van der Waals surface area contributed by atoms with E-state index in [9.17, 15) is 14.4 Å². The summed E-state index contributed by atoms with van der Waals surface area (Å²) in [5, 5.41) is 18.7. The van der Waals surface area contributed by atoms with Gasteiger partial charge in [-0.3, -0.25) is 9.69 Å². The van der Waals surface area contributed by atoms with Gasteiger partial charge in [0.25, 0.3) is 0 Å². The van der Waals surface area contributed by atoms with Gasteiger partial charge in [0, 0.05) is 63.7 Å². The first kappa shape index (κ1) is 36.7. The molecular formula is C39H49N5O6. The van der Waals surface area contributed by atoms with Crippen molar-refractivity contribution in [2.24, 2.45) is 0 Å². The summed E-state index contributed by atoms with van der Waals surface area (Å²) in [6, 6.07) is 31.5. The number of likely N-dealkylation sites (tertiary alicyclic amines) is 1. The molecule has 3 N–H and O–H groups in total. The normalized spacial score (nSPS) is 18.3. The molecule has 6 rings (SSSR count). The van der Waals surface area contributed by atoms with Gasteiger partial charge < -0.3 is 35.0 Å². The molecule has 0 aliphatic carbocycles. The van der Waals surface area contributed by atoms with Crippen LogP contribution < -0.4 is 10.2 Å². The molecule has 0 bridgehead atoms. The van der Waals surface area contributed by atoms with Crippen molar-refractivity contribution < 1.29 is 29.3 Å². The Labute approximate surface area is 294 Å². The number of carbonyl (C=O) groups is 3. The molecule has 3 heterocycles. The highest BCUT2D eigenvalue weighted by atomic mass is 16.5. The Morgan fingerprint density at radius 3 is 1.66 bits per heavy atom. The van der Waals surface area contributed by atoms with Gasteiger partial charge in [-0.2, -0.15) is 0 Å². The lowest BCUT2D eigenvalue weighted by Gasteiger charge is -2.43. The molecular weight excluding hydrogens is 634 g/mol. The van der Waals surface area contributed by atoms with E-state index >= 15 is 0 Å². The Kier molecular flexibility index (Phi) is 13.5. The number of aliphatic carboxylic acids is 2. The van der Waals surface area contributed by atoms with E-state index in [2.05, 4.69) is 110 Å². The zero-order valence-electron chi connectivity index (χ0n) is 28.6. The highest BCUT2D eigenvalue weighted by molar-refractivity contribution is 5.93. The number of nitrogens with zero attached hydrogens (tertiary/aromatic N) is 4. The monoisotopic (exact) mass is 683 g/mol. The van der Waals surface area contributed by atoms with Crippen LogP contribution in [0.3, 0.4) is 0 Å². The maximum Gasteiger partial charge on any atom is 0.328 e. The van der Waals surface area contributed by atoms with Crippen molar-refractivity contribution in [1.29, 1.82) is 0 Å². The van der Waals surface area contributed by atoms with Crippen molar-refractivity contribution in [1.82, 2.24) is 20.0 Å². The van der Waals surface area contributed by atoms with Crippen LogP contribution in [0.4, 0.5) is 5.69 Å². The molecule has 0 aromatic heterocycles. The standard InChI is InChI=1S/C35H45N5O2.C4H4O4/c41-34-35(40(29-36-34)32-15-8-3-9-16-32)17-21-37(22-18-35)19-10-20-38-23-25-39(26-24-38)27-28-42-33(30-11-4-1-5-12-30)31-13-6-2-7-14-31;5-3(6)1-2-4(7)8/h1-9,11-16,33H,10,17-29H2,(H,36,41);1-2H,(H,5,6)(H,7,8)/b;2-1-. The lowest BCUT2D eigenvalue weighted by molar-refractivity contribution is -0.134. The number of hydrogen-bond donors (Lipinski definition) is 3. The molecule has 3 saturated heterocycles. The molecule has 0 saturated carbocycles. The van der Waals surface area contributed by atoms with E-state index in [4.69, 9.17) is 14.9 Å². The van der Waals surface area contributed by atoms with Gasteiger partial charge in [-0.25, -0.2) is 9.59 Å². The summed E-state index contributed by atoms with van der Waals surface area (Å²) < 4.78 is 6.46. The molecule has 3 fully saturated rings. The van der Waals surface area contributed by atoms with Crippen LogP contribution in [0, 0.1) is 0 Å². The van der Waals surface area contributed by atoms with Crippen LogP contribution in [0.2, 0.25) is 0 Å². The number of amides is 1. The zero-order valence-corrected chi connectivity index (χ0v) is 28.6. The van der Waals surface area contributed by atoms with Crippen molar-refractivity contribution in [2.45, 2.75) is 30.9 Å². The molecule has 1 amide bonds. The van der Waals surface area contributed by atoms with Crippen LogP contribution in [0.1, 0.15) is 36.5 Å². The van der Waals surface area contributed by atoms with Crippen LogP contribution in [0.5, 0.6) is 0 Å². The van der Waals surface area contributed by atoms with Gasteiger partial charge >= 0.3 is 11.9 Å². The number of hydrogen-bond acceptors (Lipinski definition) is 8. The zero-order chi connectivity index (χ0) is 35.2. The van der Waals surface area contributed by atoms with Crippen molar-refractivity contribution >= 4 is 23.5 Å². The van der Waals surface area contributed by atoms with E-state index in [1.54, 1.807) is 0 Å². The highest BCUT2D eigenvalue weighted by Gasteiger charge is 2.50. The lowest BCUT2D eigenvalue weighted by atomic mass is 9.85. The molecule has 3 aliphatic heterocycles. The van der Waals surface area contributed by atoms with E-state index < -0.39 is 11.9 Å². The Morgan fingerprint density at radius 2 is 1.16 bits per heavy atom. The fraction of sp³-hybridized carbons (Fsp3) is 0.410. The fourth-order valence-corrected chi connectivity index (χ4v) is 7.02. The van der Waals surface area contributed by atoms with Gasteiger partial charge in [0.05, 0.1) is 13.3 Å². The minimum Gasteiger partial charge on any atom is -0.478 e. The molecule has 0 radical (unpaired) electrons. The van der Waals surface area contributed by atoms with Gasteiger partial charge in [-0.1, -0.05) is 78.9 Å². The Hall–Kier alpha value is -4.55. The van der Waals surface area contributed by atoms with Crippen molar-refractivity contribution in [3.8, 4) is 0 Å². The first-order valence-corrected chi connectivity index (χ1v) is 17.5. The lowest BCUT2D eigenvalue weighted by Crippen LogP contribution is -2.56. The molecule has 11 nitrogen and oxygen atoms in total. The van der Waals surface area contributed by atoms with E-state index in [1.807, 2.05) is 6.07 Å². The molecule has 0 atom stereocenters. The maximum absolute atomic E-state index is 12.9. The number of anilines is 1. The minimum absolute atomic E-state index is 0.0252. The molecule has 3 aromatic rings. The first-order chi connectivity index (χ1) is 24.3. The number of para-hydroxylation sites is 1. The van der Waals surface area contributed by atoms with Gasteiger partial charge in [0.2, 0.25) is 5.91 Å². The highest BCUT2D eigenvalue weighted by Crippen LogP contribution is 2.36. The fourth-order valence-electron chi connectivity index (χ4n) is 7.02. The molecule has 266 valence electrons. The van der Waals surface area contributed by atoms with E-state index in [0.29, 0.717) is 18.8 Å². The topological polar surface area (TPSA) is 126 Å². The third-order valence-electron chi connectivity index (χ3n) is 9.77. The van der Waals surface area contributed by atoms with Crippen molar-refractivity contribution in [3.05, 3.63) is 114 Å². The Morgan fingerprint density at radius 1 is 0.700 bits per heavy atom. The maximum atomic E-state index is 12.9. The largest absolute Gasteiger partial charge is 0.478 e. The summed E-state index contributed by atoms with van der Waals surface area (Å²) in [5.74, 6) is -2.32. The molecule has 11 heteroatoms. The number of carbonyl (C=O) groups excluding carboxylic acids is 1. The molecule has 3 aromatic carbocycles. The average Bonchev–Trinajstić information content (AvgIpc) is 3.46. The van der Waals surface area contributed by atoms with E-state index in [1.165, 1.54) is 17.5 Å². The summed E-state index contributed by atoms with van der Waals surface area (Å²) in [6.07, 6.45) is 4.06. The van der Waals surface area contributed by atoms with Crippen LogP contribution in [0.15, 0.2) is 103 Å². The number of piperazine rings is 1. The number of piperidine rings is 1. The molecule has 1 spiro atoms. The van der Waals surface area contributed by atoms with Gasteiger partial charge in [-0.05, 0) is 55.6 Å².